The van der Waals surface area contributed by atoms with Gasteiger partial charge in [-0.3, -0.25) is 9.59 Å². The van der Waals surface area contributed by atoms with E-state index < -0.39 is 5.82 Å². The summed E-state index contributed by atoms with van der Waals surface area (Å²) in [5.74, 6) is 0.277. The van der Waals surface area contributed by atoms with Crippen molar-refractivity contribution in [3.63, 3.8) is 0 Å². The van der Waals surface area contributed by atoms with E-state index in [4.69, 9.17) is 11.6 Å². The van der Waals surface area contributed by atoms with Gasteiger partial charge in [-0.25, -0.2) is 9.37 Å². The Morgan fingerprint density at radius 3 is 2.38 bits per heavy atom. The molecule has 2 aromatic rings. The molecule has 8 heteroatoms. The SMILES string of the molecule is O=C(c1c(F)cccc1Cl)N1CCC2(CC1)CC2C(=O)N1CCN(c2ccccn2)CC1. The first-order chi connectivity index (χ1) is 15.5. The predicted octanol–water partition coefficient (Wildman–Crippen LogP) is 3.47. The molecule has 3 aliphatic rings. The van der Waals surface area contributed by atoms with E-state index in [1.807, 2.05) is 23.1 Å². The van der Waals surface area contributed by atoms with Gasteiger partial charge in [0.2, 0.25) is 5.91 Å². The van der Waals surface area contributed by atoms with Crippen LogP contribution < -0.4 is 4.90 Å². The van der Waals surface area contributed by atoms with Gasteiger partial charge < -0.3 is 14.7 Å². The Kier molecular flexibility index (Phi) is 5.53. The highest BCUT2D eigenvalue weighted by Crippen LogP contribution is 2.60. The lowest BCUT2D eigenvalue weighted by molar-refractivity contribution is -0.134. The second-order valence-electron chi connectivity index (χ2n) is 9.01. The quantitative estimate of drug-likeness (QED) is 0.709. The molecule has 5 rings (SSSR count). The maximum Gasteiger partial charge on any atom is 0.258 e. The van der Waals surface area contributed by atoms with E-state index >= 15 is 0 Å². The fourth-order valence-corrected chi connectivity index (χ4v) is 5.43. The summed E-state index contributed by atoms with van der Waals surface area (Å²) in [4.78, 5) is 36.2. The number of likely N-dealkylation sites (tertiary alicyclic amines) is 1. The number of piperidine rings is 1. The minimum absolute atomic E-state index is 0.00892. The molecular formula is C24H26ClFN4O2. The Morgan fingerprint density at radius 1 is 0.969 bits per heavy atom. The molecule has 3 fully saturated rings. The number of hydrogen-bond acceptors (Lipinski definition) is 4. The summed E-state index contributed by atoms with van der Waals surface area (Å²) < 4.78 is 14.1. The highest BCUT2D eigenvalue weighted by Gasteiger charge is 2.59. The van der Waals surface area contributed by atoms with Gasteiger partial charge in [-0.1, -0.05) is 23.7 Å². The molecule has 32 heavy (non-hydrogen) atoms. The van der Waals surface area contributed by atoms with Crippen LogP contribution in [-0.4, -0.2) is 65.9 Å². The molecule has 1 spiro atoms. The van der Waals surface area contributed by atoms with Gasteiger partial charge in [0.25, 0.3) is 5.91 Å². The van der Waals surface area contributed by atoms with Gasteiger partial charge in [0, 0.05) is 51.4 Å². The number of rotatable bonds is 3. The molecule has 2 aliphatic heterocycles. The minimum Gasteiger partial charge on any atom is -0.353 e. The van der Waals surface area contributed by atoms with Gasteiger partial charge in [-0.05, 0) is 48.9 Å². The Bertz CT molecular complexity index is 998. The summed E-state index contributed by atoms with van der Waals surface area (Å²) in [7, 11) is 0. The monoisotopic (exact) mass is 456 g/mol. The van der Waals surface area contributed by atoms with E-state index in [1.165, 1.54) is 18.2 Å². The van der Waals surface area contributed by atoms with Gasteiger partial charge in [-0.2, -0.15) is 0 Å². The van der Waals surface area contributed by atoms with E-state index in [9.17, 15) is 14.0 Å². The zero-order chi connectivity index (χ0) is 22.3. The summed E-state index contributed by atoms with van der Waals surface area (Å²) in [6.45, 7) is 4.04. The number of halogens is 2. The first kappa shape index (κ1) is 21.2. The molecule has 0 bridgehead atoms. The molecule has 0 radical (unpaired) electrons. The molecule has 1 aliphatic carbocycles. The highest BCUT2D eigenvalue weighted by molar-refractivity contribution is 6.33. The lowest BCUT2D eigenvalue weighted by Gasteiger charge is -2.37. The van der Waals surface area contributed by atoms with Crippen LogP contribution in [0.25, 0.3) is 0 Å². The van der Waals surface area contributed by atoms with Crippen molar-refractivity contribution in [2.24, 2.45) is 11.3 Å². The summed E-state index contributed by atoms with van der Waals surface area (Å²) in [6, 6.07) is 10.2. The zero-order valence-electron chi connectivity index (χ0n) is 17.8. The number of nitrogens with zero attached hydrogens (tertiary/aromatic N) is 4. The van der Waals surface area contributed by atoms with Gasteiger partial charge >= 0.3 is 0 Å². The molecule has 1 unspecified atom stereocenters. The average Bonchev–Trinajstić information content (AvgIpc) is 3.52. The van der Waals surface area contributed by atoms with Crippen molar-refractivity contribution in [2.45, 2.75) is 19.3 Å². The van der Waals surface area contributed by atoms with Crippen molar-refractivity contribution in [3.8, 4) is 0 Å². The summed E-state index contributed by atoms with van der Waals surface area (Å²) in [5.41, 5.74) is -0.0651. The van der Waals surface area contributed by atoms with Crippen LogP contribution in [-0.2, 0) is 4.79 Å². The van der Waals surface area contributed by atoms with Crippen LogP contribution in [0.5, 0.6) is 0 Å². The van der Waals surface area contributed by atoms with Crippen molar-refractivity contribution < 1.29 is 14.0 Å². The molecule has 1 saturated carbocycles. The number of amides is 2. The normalized spacial score (nSPS) is 22.2. The van der Waals surface area contributed by atoms with E-state index in [0.717, 1.165) is 38.2 Å². The van der Waals surface area contributed by atoms with Crippen LogP contribution in [0.3, 0.4) is 0 Å². The van der Waals surface area contributed by atoms with Crippen molar-refractivity contribution >= 4 is 29.2 Å². The number of aromatic nitrogens is 1. The van der Waals surface area contributed by atoms with Crippen LogP contribution in [0.1, 0.15) is 29.6 Å². The van der Waals surface area contributed by atoms with Crippen molar-refractivity contribution in [1.29, 1.82) is 0 Å². The van der Waals surface area contributed by atoms with Gasteiger partial charge in [-0.15, -0.1) is 0 Å². The van der Waals surface area contributed by atoms with Gasteiger partial charge in [0.05, 0.1) is 10.6 Å². The Balaban J connectivity index is 1.15. The maximum atomic E-state index is 14.1. The molecule has 1 aromatic carbocycles. The summed E-state index contributed by atoms with van der Waals surface area (Å²) in [6.07, 6.45) is 4.22. The molecule has 0 N–H and O–H groups in total. The lowest BCUT2D eigenvalue weighted by atomic mass is 9.90. The molecule has 2 saturated heterocycles. The fourth-order valence-electron chi connectivity index (χ4n) is 5.18. The fraction of sp³-hybridized carbons (Fsp3) is 0.458. The molecular weight excluding hydrogens is 431 g/mol. The molecule has 1 atom stereocenters. The number of carbonyl (C=O) groups excluding carboxylic acids is 2. The lowest BCUT2D eigenvalue weighted by Crippen LogP contribution is -2.50. The number of hydrogen-bond donors (Lipinski definition) is 0. The largest absolute Gasteiger partial charge is 0.353 e. The van der Waals surface area contributed by atoms with Crippen LogP contribution in [0.2, 0.25) is 5.02 Å². The van der Waals surface area contributed by atoms with Crippen LogP contribution in [0, 0.1) is 17.2 Å². The molecule has 2 amide bonds. The molecule has 3 heterocycles. The molecule has 168 valence electrons. The Labute approximate surface area is 192 Å². The maximum absolute atomic E-state index is 14.1. The summed E-state index contributed by atoms with van der Waals surface area (Å²) in [5, 5.41) is 0.139. The number of anilines is 1. The van der Waals surface area contributed by atoms with Crippen molar-refractivity contribution in [3.05, 3.63) is 59.0 Å². The first-order valence-corrected chi connectivity index (χ1v) is 11.5. The topological polar surface area (TPSA) is 56.8 Å². The smallest absolute Gasteiger partial charge is 0.258 e. The Morgan fingerprint density at radius 2 is 1.72 bits per heavy atom. The van der Waals surface area contributed by atoms with Crippen LogP contribution in [0.15, 0.2) is 42.6 Å². The van der Waals surface area contributed by atoms with E-state index in [0.29, 0.717) is 26.2 Å². The number of pyridine rings is 1. The van der Waals surface area contributed by atoms with Crippen molar-refractivity contribution in [2.75, 3.05) is 44.2 Å². The van der Waals surface area contributed by atoms with Gasteiger partial charge in [0.15, 0.2) is 0 Å². The first-order valence-electron chi connectivity index (χ1n) is 11.2. The third-order valence-corrected chi connectivity index (χ3v) is 7.59. The number of piperazine rings is 1. The van der Waals surface area contributed by atoms with E-state index in [2.05, 4.69) is 9.88 Å². The number of carbonyl (C=O) groups is 2. The van der Waals surface area contributed by atoms with Crippen LogP contribution in [0.4, 0.5) is 10.2 Å². The predicted molar refractivity (Wildman–Crippen MR) is 120 cm³/mol. The standard InChI is InChI=1S/C24H26ClFN4O2/c25-18-4-3-5-19(26)21(18)23(32)29-10-7-24(8-11-29)16-17(24)22(31)30-14-12-28(13-15-30)20-6-1-2-9-27-20/h1-6,9,17H,7-8,10-16H2. The van der Waals surface area contributed by atoms with Crippen molar-refractivity contribution in [1.82, 2.24) is 14.8 Å². The average molecular weight is 457 g/mol. The Hall–Kier alpha value is -2.67. The third kappa shape index (κ3) is 3.83. The van der Waals surface area contributed by atoms with Crippen LogP contribution >= 0.6 is 11.6 Å². The summed E-state index contributed by atoms with van der Waals surface area (Å²) >= 11 is 6.07. The second kappa shape index (κ2) is 8.35. The number of benzene rings is 1. The second-order valence-corrected chi connectivity index (χ2v) is 9.42. The molecule has 1 aromatic heterocycles. The molecule has 6 nitrogen and oxygen atoms in total. The van der Waals surface area contributed by atoms with E-state index in [-0.39, 0.29) is 33.7 Å². The third-order valence-electron chi connectivity index (χ3n) is 7.28. The highest BCUT2D eigenvalue weighted by atomic mass is 35.5. The van der Waals surface area contributed by atoms with Gasteiger partial charge in [0.1, 0.15) is 11.6 Å². The minimum atomic E-state index is -0.591. The zero-order valence-corrected chi connectivity index (χ0v) is 18.6. The van der Waals surface area contributed by atoms with E-state index in [1.54, 1.807) is 11.1 Å².